The number of primary amides is 1. The van der Waals surface area contributed by atoms with Gasteiger partial charge in [0.2, 0.25) is 5.91 Å². The first-order chi connectivity index (χ1) is 15.2. The van der Waals surface area contributed by atoms with Gasteiger partial charge in [0.1, 0.15) is 5.75 Å². The van der Waals surface area contributed by atoms with Gasteiger partial charge in [0.15, 0.2) is 34.7 Å². The maximum Gasteiger partial charge on any atom is 0.235 e. The molecule has 1 aromatic rings. The van der Waals surface area contributed by atoms with Crippen LogP contribution < -0.4 is 5.73 Å². The van der Waals surface area contributed by atoms with Crippen LogP contribution in [0.4, 0.5) is 0 Å². The Hall–Kier alpha value is -2.91. The fourth-order valence-corrected chi connectivity index (χ4v) is 5.96. The van der Waals surface area contributed by atoms with Crippen LogP contribution in [0.15, 0.2) is 12.1 Å². The molecule has 9 nitrogen and oxygen atoms in total. The number of phenolic OH excluding ortho intramolecular Hbond substituents is 1. The van der Waals surface area contributed by atoms with Crippen molar-refractivity contribution < 1.29 is 39.3 Å². The summed E-state index contributed by atoms with van der Waals surface area (Å²) in [6.07, 6.45) is -2.16. The first kappa shape index (κ1) is 23.3. The quantitative estimate of drug-likeness (QED) is 0.432. The van der Waals surface area contributed by atoms with Crippen LogP contribution in [0, 0.1) is 23.7 Å². The van der Waals surface area contributed by atoms with Gasteiger partial charge in [-0.1, -0.05) is 39.8 Å². The number of fused-ring (bicyclic) bond motifs is 3. The highest BCUT2D eigenvalue weighted by molar-refractivity contribution is 6.31. The van der Waals surface area contributed by atoms with Crippen molar-refractivity contribution in [1.82, 2.24) is 0 Å². The summed E-state index contributed by atoms with van der Waals surface area (Å²) in [5.74, 6) is -12.6. The highest BCUT2D eigenvalue weighted by Gasteiger charge is 2.69. The second-order valence-corrected chi connectivity index (χ2v) is 10.5. The summed E-state index contributed by atoms with van der Waals surface area (Å²) in [6, 6.07) is 3.36. The van der Waals surface area contributed by atoms with Crippen molar-refractivity contribution in [2.75, 3.05) is 0 Å². The largest absolute Gasteiger partial charge is 0.507 e. The number of aromatic hydroxyl groups is 1. The maximum absolute atomic E-state index is 13.6. The predicted molar refractivity (Wildman–Crippen MR) is 113 cm³/mol. The average Bonchev–Trinajstić information content (AvgIpc) is 2.69. The lowest BCUT2D eigenvalue weighted by molar-refractivity contribution is -0.189. The van der Waals surface area contributed by atoms with E-state index in [-0.39, 0.29) is 11.3 Å². The van der Waals surface area contributed by atoms with Gasteiger partial charge < -0.3 is 21.1 Å². The van der Waals surface area contributed by atoms with E-state index in [2.05, 4.69) is 0 Å². The van der Waals surface area contributed by atoms with Gasteiger partial charge in [-0.15, -0.1) is 0 Å². The standard InChI is InChI=1S/C24H27NO8/c1-8-9-5-6-10(23(2,3)4)17(27)14(9)19(29)16-13(8)18(28)11-7-12(26)15(22(25)32)20(30)24(11,33)21(16)31/h5-6,8,11,13,15-16,18,27-28,33H,7H2,1-4H3,(H2,25,32)/t8-,11+,13+,15?,16?,18+,24+/m0/s1. The molecule has 0 aliphatic heterocycles. The first-order valence-corrected chi connectivity index (χ1v) is 10.9. The number of nitrogens with two attached hydrogens (primary N) is 1. The van der Waals surface area contributed by atoms with Gasteiger partial charge in [0.05, 0.1) is 17.6 Å². The second-order valence-electron chi connectivity index (χ2n) is 10.5. The van der Waals surface area contributed by atoms with Gasteiger partial charge in [-0.05, 0) is 22.5 Å². The Morgan fingerprint density at radius 1 is 1.12 bits per heavy atom. The van der Waals surface area contributed by atoms with Crippen LogP contribution in [-0.4, -0.2) is 56.1 Å². The van der Waals surface area contributed by atoms with Gasteiger partial charge in [-0.2, -0.15) is 0 Å². The summed E-state index contributed by atoms with van der Waals surface area (Å²) in [7, 11) is 0. The molecular formula is C24H27NO8. The summed E-state index contributed by atoms with van der Waals surface area (Å²) in [5, 5.41) is 33.4. The molecule has 176 valence electrons. The minimum atomic E-state index is -2.90. The van der Waals surface area contributed by atoms with Crippen molar-refractivity contribution in [2.24, 2.45) is 29.4 Å². The van der Waals surface area contributed by atoms with E-state index < -0.39 is 82.2 Å². The van der Waals surface area contributed by atoms with E-state index in [1.807, 2.05) is 20.8 Å². The molecule has 3 aliphatic carbocycles. The van der Waals surface area contributed by atoms with Crippen LogP contribution in [-0.2, 0) is 24.6 Å². The Morgan fingerprint density at radius 3 is 2.27 bits per heavy atom. The summed E-state index contributed by atoms with van der Waals surface area (Å²) in [6.45, 7) is 7.22. The summed E-state index contributed by atoms with van der Waals surface area (Å²) in [4.78, 5) is 64.3. The number of ketones is 4. The van der Waals surface area contributed by atoms with Gasteiger partial charge in [0.25, 0.3) is 0 Å². The number of amides is 1. The monoisotopic (exact) mass is 457 g/mol. The molecule has 0 radical (unpaired) electrons. The van der Waals surface area contributed by atoms with Crippen molar-refractivity contribution in [3.8, 4) is 5.75 Å². The minimum Gasteiger partial charge on any atom is -0.507 e. The van der Waals surface area contributed by atoms with E-state index in [1.165, 1.54) is 0 Å². The number of carbonyl (C=O) groups is 5. The van der Waals surface area contributed by atoms with E-state index in [4.69, 9.17) is 5.73 Å². The zero-order valence-corrected chi connectivity index (χ0v) is 18.8. The highest BCUT2D eigenvalue weighted by Crippen LogP contribution is 2.54. The van der Waals surface area contributed by atoms with Crippen molar-refractivity contribution >= 4 is 29.0 Å². The third-order valence-electron chi connectivity index (χ3n) is 7.67. The molecule has 33 heavy (non-hydrogen) atoms. The lowest BCUT2D eigenvalue weighted by atomic mass is 9.50. The zero-order chi connectivity index (χ0) is 24.8. The Kier molecular flexibility index (Phi) is 4.96. The molecule has 0 saturated heterocycles. The van der Waals surface area contributed by atoms with Crippen LogP contribution in [0.2, 0.25) is 0 Å². The molecule has 5 N–H and O–H groups in total. The van der Waals surface area contributed by atoms with Crippen LogP contribution in [0.3, 0.4) is 0 Å². The molecule has 0 bridgehead atoms. The number of benzene rings is 1. The number of rotatable bonds is 1. The van der Waals surface area contributed by atoms with E-state index >= 15 is 0 Å². The lowest BCUT2D eigenvalue weighted by Crippen LogP contribution is -2.72. The van der Waals surface area contributed by atoms with Crippen LogP contribution in [0.25, 0.3) is 0 Å². The van der Waals surface area contributed by atoms with Gasteiger partial charge >= 0.3 is 0 Å². The smallest absolute Gasteiger partial charge is 0.235 e. The molecule has 3 aliphatic rings. The van der Waals surface area contributed by atoms with Crippen molar-refractivity contribution in [3.63, 3.8) is 0 Å². The molecule has 2 fully saturated rings. The lowest BCUT2D eigenvalue weighted by Gasteiger charge is -2.52. The summed E-state index contributed by atoms with van der Waals surface area (Å²) in [5.41, 5.74) is 2.58. The highest BCUT2D eigenvalue weighted by atomic mass is 16.3. The van der Waals surface area contributed by atoms with E-state index in [0.29, 0.717) is 11.1 Å². The topological polar surface area (TPSA) is 172 Å². The zero-order valence-electron chi connectivity index (χ0n) is 18.8. The van der Waals surface area contributed by atoms with Crippen LogP contribution >= 0.6 is 0 Å². The average molecular weight is 457 g/mol. The van der Waals surface area contributed by atoms with E-state index in [1.54, 1.807) is 19.1 Å². The number of aliphatic hydroxyl groups excluding tert-OH is 1. The predicted octanol–water partition coefficient (Wildman–Crippen LogP) is 0.156. The Labute approximate surface area is 190 Å². The van der Waals surface area contributed by atoms with Gasteiger partial charge in [-0.3, -0.25) is 24.0 Å². The van der Waals surface area contributed by atoms with Crippen molar-refractivity contribution in [3.05, 3.63) is 28.8 Å². The number of carbonyl (C=O) groups excluding carboxylic acids is 5. The summed E-state index contributed by atoms with van der Waals surface area (Å²) < 4.78 is 0. The van der Waals surface area contributed by atoms with E-state index in [0.717, 1.165) is 0 Å². The van der Waals surface area contributed by atoms with E-state index in [9.17, 15) is 39.3 Å². The normalized spacial score (nSPS) is 36.2. The molecule has 7 atom stereocenters. The van der Waals surface area contributed by atoms with Crippen LogP contribution in [0.5, 0.6) is 5.75 Å². The Morgan fingerprint density at radius 2 is 1.73 bits per heavy atom. The molecule has 1 amide bonds. The third-order valence-corrected chi connectivity index (χ3v) is 7.67. The molecule has 9 heteroatoms. The SMILES string of the molecule is C[C@H]1c2ccc(C(C)(C)C)c(O)c2C(=O)C2C(=O)[C@]3(O)C(=O)C(C(N)=O)C(=O)C[C@@H]3[C@@H](O)[C@@H]21. The number of hydrogen-bond acceptors (Lipinski definition) is 8. The molecule has 2 saturated carbocycles. The number of phenols is 1. The van der Waals surface area contributed by atoms with Crippen LogP contribution in [0.1, 0.15) is 61.5 Å². The minimum absolute atomic E-state index is 0.0791. The number of aliphatic hydroxyl groups is 2. The van der Waals surface area contributed by atoms with Gasteiger partial charge in [0, 0.05) is 18.3 Å². The fourth-order valence-electron chi connectivity index (χ4n) is 5.96. The van der Waals surface area contributed by atoms with Crippen molar-refractivity contribution in [2.45, 2.75) is 57.2 Å². The molecule has 0 spiro atoms. The molecule has 1 aromatic carbocycles. The second kappa shape index (κ2) is 7.04. The van der Waals surface area contributed by atoms with Gasteiger partial charge in [-0.25, -0.2) is 0 Å². The molecular weight excluding hydrogens is 430 g/mol. The third kappa shape index (κ3) is 2.88. The fraction of sp³-hybridized carbons (Fsp3) is 0.542. The summed E-state index contributed by atoms with van der Waals surface area (Å²) >= 11 is 0. The maximum atomic E-state index is 13.6. The number of hydrogen-bond donors (Lipinski definition) is 4. The molecule has 2 unspecified atom stereocenters. The molecule has 0 heterocycles. The number of Topliss-reactive ketones (excluding diaryl/α,β-unsaturated/α-hetero) is 4. The molecule has 4 rings (SSSR count). The Balaban J connectivity index is 1.91. The first-order valence-electron chi connectivity index (χ1n) is 10.9. The Bertz CT molecular complexity index is 1130. The van der Waals surface area contributed by atoms with Crippen molar-refractivity contribution in [1.29, 1.82) is 0 Å². The molecule has 0 aromatic heterocycles.